The van der Waals surface area contributed by atoms with E-state index in [2.05, 4.69) is 26.1 Å². The fraction of sp³-hybridized carbons (Fsp3) is 0.200. The first-order chi connectivity index (χ1) is 17.1. The topological polar surface area (TPSA) is 110 Å². The van der Waals surface area contributed by atoms with Crippen molar-refractivity contribution in [2.75, 3.05) is 24.6 Å². The monoisotopic (exact) mass is 469 g/mol. The molecule has 1 saturated heterocycles. The molecular formula is C25H20FN7O2. The number of halogens is 1. The van der Waals surface area contributed by atoms with Crippen LogP contribution in [0.1, 0.15) is 5.56 Å². The van der Waals surface area contributed by atoms with Crippen LogP contribution in [0.5, 0.6) is 0 Å². The van der Waals surface area contributed by atoms with E-state index in [1.165, 1.54) is 23.0 Å². The smallest absolute Gasteiger partial charge is 0.266 e. The maximum absolute atomic E-state index is 13.4. The Bertz CT molecular complexity index is 1450. The normalized spacial score (nSPS) is 15.5. The van der Waals surface area contributed by atoms with Gasteiger partial charge >= 0.3 is 0 Å². The van der Waals surface area contributed by atoms with Gasteiger partial charge in [-0.2, -0.15) is 14.8 Å². The van der Waals surface area contributed by atoms with E-state index in [-0.39, 0.29) is 18.2 Å². The van der Waals surface area contributed by atoms with Crippen molar-refractivity contribution in [3.8, 4) is 28.5 Å². The molecule has 0 bridgehead atoms. The van der Waals surface area contributed by atoms with E-state index in [9.17, 15) is 9.18 Å². The standard InChI is InChI=1S/C25H20FN7O2/c26-23-11-18(6-7-28-23)20-13-29-25(30-14-20)32-8-9-35-21(15-32)16-33-24(34)5-4-22(31-33)19-3-1-2-17(10-19)12-27/h1-7,10-11,13-14,21H,8-9,15-16H2/t21-/m0/s1. The number of hydrogen-bond acceptors (Lipinski definition) is 8. The zero-order valence-electron chi connectivity index (χ0n) is 18.6. The number of nitriles is 1. The molecular weight excluding hydrogens is 449 g/mol. The highest BCUT2D eigenvalue weighted by atomic mass is 19.1. The van der Waals surface area contributed by atoms with Crippen LogP contribution in [0.15, 0.2) is 71.9 Å². The first-order valence-electron chi connectivity index (χ1n) is 11.0. The van der Waals surface area contributed by atoms with Crippen molar-refractivity contribution < 1.29 is 9.13 Å². The van der Waals surface area contributed by atoms with Gasteiger partial charge in [0.1, 0.15) is 0 Å². The van der Waals surface area contributed by atoms with Gasteiger partial charge in [0.25, 0.3) is 5.56 Å². The SMILES string of the molecule is N#Cc1cccc(-c2ccc(=O)n(C[C@@H]3CN(c4ncc(-c5ccnc(F)c5)cn4)CCO3)n2)c1. The molecule has 3 aromatic heterocycles. The molecule has 1 aromatic carbocycles. The summed E-state index contributed by atoms with van der Waals surface area (Å²) in [5.74, 6) is -0.0350. The molecule has 10 heteroatoms. The zero-order chi connectivity index (χ0) is 24.2. The third kappa shape index (κ3) is 5.05. The molecule has 0 unspecified atom stereocenters. The van der Waals surface area contributed by atoms with Gasteiger partial charge in [-0.05, 0) is 29.8 Å². The van der Waals surface area contributed by atoms with Gasteiger partial charge in [-0.1, -0.05) is 12.1 Å². The molecule has 35 heavy (non-hydrogen) atoms. The summed E-state index contributed by atoms with van der Waals surface area (Å²) < 4.78 is 20.7. The van der Waals surface area contributed by atoms with E-state index in [4.69, 9.17) is 10.00 Å². The van der Waals surface area contributed by atoms with Crippen molar-refractivity contribution in [2.24, 2.45) is 0 Å². The van der Waals surface area contributed by atoms with Crippen LogP contribution in [0, 0.1) is 17.3 Å². The summed E-state index contributed by atoms with van der Waals surface area (Å²) in [5, 5.41) is 13.6. The number of rotatable bonds is 5. The highest BCUT2D eigenvalue weighted by molar-refractivity contribution is 5.62. The first kappa shape index (κ1) is 22.3. The summed E-state index contributed by atoms with van der Waals surface area (Å²) in [6.45, 7) is 1.79. The van der Waals surface area contributed by atoms with Crippen LogP contribution in [0.3, 0.4) is 0 Å². The second-order valence-corrected chi connectivity index (χ2v) is 8.01. The molecule has 1 aliphatic heterocycles. The highest BCUT2D eigenvalue weighted by Crippen LogP contribution is 2.21. The fourth-order valence-corrected chi connectivity index (χ4v) is 3.90. The van der Waals surface area contributed by atoms with Crippen molar-refractivity contribution in [3.63, 3.8) is 0 Å². The Morgan fingerprint density at radius 1 is 1.06 bits per heavy atom. The maximum Gasteiger partial charge on any atom is 0.266 e. The molecule has 174 valence electrons. The van der Waals surface area contributed by atoms with Crippen LogP contribution >= 0.6 is 0 Å². The lowest BCUT2D eigenvalue weighted by molar-refractivity contribution is 0.0260. The summed E-state index contributed by atoms with van der Waals surface area (Å²) >= 11 is 0. The van der Waals surface area contributed by atoms with Gasteiger partial charge in [0.05, 0.1) is 36.6 Å². The van der Waals surface area contributed by atoms with Crippen molar-refractivity contribution in [3.05, 3.63) is 89.0 Å². The van der Waals surface area contributed by atoms with Crippen LogP contribution in [0.4, 0.5) is 10.3 Å². The average Bonchev–Trinajstić information content (AvgIpc) is 2.90. The second-order valence-electron chi connectivity index (χ2n) is 8.01. The van der Waals surface area contributed by atoms with Gasteiger partial charge in [-0.15, -0.1) is 0 Å². The molecule has 1 atom stereocenters. The Kier molecular flexibility index (Phi) is 6.24. The predicted octanol–water partition coefficient (Wildman–Crippen LogP) is 2.68. The third-order valence-corrected chi connectivity index (χ3v) is 5.65. The number of ether oxygens (including phenoxy) is 1. The van der Waals surface area contributed by atoms with Crippen molar-refractivity contribution in [1.29, 1.82) is 5.26 Å². The van der Waals surface area contributed by atoms with E-state index in [1.807, 2.05) is 11.0 Å². The lowest BCUT2D eigenvalue weighted by Gasteiger charge is -2.33. The first-order valence-corrected chi connectivity index (χ1v) is 11.0. The summed E-state index contributed by atoms with van der Waals surface area (Å²) in [7, 11) is 0. The minimum atomic E-state index is -0.562. The second kappa shape index (κ2) is 9.79. The molecule has 1 fully saturated rings. The molecule has 0 aliphatic carbocycles. The van der Waals surface area contributed by atoms with Gasteiger partial charge in [-0.25, -0.2) is 19.6 Å². The fourth-order valence-electron chi connectivity index (χ4n) is 3.90. The number of nitrogens with zero attached hydrogens (tertiary/aromatic N) is 7. The van der Waals surface area contributed by atoms with Gasteiger partial charge in [0.15, 0.2) is 0 Å². The summed E-state index contributed by atoms with van der Waals surface area (Å²) in [4.78, 5) is 26.9. The Hall–Kier alpha value is -4.49. The van der Waals surface area contributed by atoms with Crippen LogP contribution in [-0.4, -0.2) is 50.5 Å². The quantitative estimate of drug-likeness (QED) is 0.411. The highest BCUT2D eigenvalue weighted by Gasteiger charge is 2.23. The lowest BCUT2D eigenvalue weighted by atomic mass is 10.1. The lowest BCUT2D eigenvalue weighted by Crippen LogP contribution is -2.46. The number of hydrogen-bond donors (Lipinski definition) is 0. The maximum atomic E-state index is 13.4. The number of morpholine rings is 1. The van der Waals surface area contributed by atoms with E-state index in [0.29, 0.717) is 48.0 Å². The molecule has 1 aliphatic rings. The Labute approximate surface area is 200 Å². The summed E-state index contributed by atoms with van der Waals surface area (Å²) in [5.41, 5.74) is 2.97. The zero-order valence-corrected chi connectivity index (χ0v) is 18.6. The molecule has 4 aromatic rings. The van der Waals surface area contributed by atoms with Crippen molar-refractivity contribution in [2.45, 2.75) is 12.6 Å². The summed E-state index contributed by atoms with van der Waals surface area (Å²) in [6, 6.07) is 15.3. The number of aromatic nitrogens is 5. The minimum Gasteiger partial charge on any atom is -0.373 e. The number of benzene rings is 1. The van der Waals surface area contributed by atoms with Gasteiger partial charge < -0.3 is 9.64 Å². The van der Waals surface area contributed by atoms with Crippen LogP contribution in [0.25, 0.3) is 22.4 Å². The van der Waals surface area contributed by atoms with Gasteiger partial charge in [-0.3, -0.25) is 4.79 Å². The molecule has 9 nitrogen and oxygen atoms in total. The largest absolute Gasteiger partial charge is 0.373 e. The van der Waals surface area contributed by atoms with Crippen LogP contribution < -0.4 is 10.5 Å². The molecule has 0 amide bonds. The average molecular weight is 469 g/mol. The minimum absolute atomic E-state index is 0.240. The van der Waals surface area contributed by atoms with Crippen molar-refractivity contribution in [1.82, 2.24) is 24.7 Å². The Morgan fingerprint density at radius 3 is 2.71 bits per heavy atom. The number of pyridine rings is 1. The van der Waals surface area contributed by atoms with Crippen molar-refractivity contribution >= 4 is 5.95 Å². The van der Waals surface area contributed by atoms with E-state index in [0.717, 1.165) is 5.56 Å². The third-order valence-electron chi connectivity index (χ3n) is 5.65. The molecule has 4 heterocycles. The van der Waals surface area contributed by atoms with E-state index in [1.54, 1.807) is 42.7 Å². The predicted molar refractivity (Wildman–Crippen MR) is 126 cm³/mol. The van der Waals surface area contributed by atoms with E-state index < -0.39 is 5.95 Å². The molecule has 0 radical (unpaired) electrons. The van der Waals surface area contributed by atoms with Gasteiger partial charge in [0.2, 0.25) is 11.9 Å². The van der Waals surface area contributed by atoms with Gasteiger partial charge in [0, 0.05) is 54.9 Å². The summed E-state index contributed by atoms with van der Waals surface area (Å²) in [6.07, 6.45) is 4.39. The molecule has 0 N–H and O–H groups in total. The molecule has 0 spiro atoms. The Balaban J connectivity index is 1.31. The van der Waals surface area contributed by atoms with E-state index >= 15 is 0 Å². The number of anilines is 1. The Morgan fingerprint density at radius 2 is 1.91 bits per heavy atom. The van der Waals surface area contributed by atoms with Crippen LogP contribution in [0.2, 0.25) is 0 Å². The molecule has 5 rings (SSSR count). The molecule has 0 saturated carbocycles. The van der Waals surface area contributed by atoms with Crippen LogP contribution in [-0.2, 0) is 11.3 Å².